The average molecular weight is 1530 g/mol. The molecule has 0 bridgehead atoms. The predicted molar refractivity (Wildman–Crippen MR) is 414 cm³/mol. The molecular weight excluding hydrogens is 1420 g/mol. The molecule has 0 N–H and O–H groups in total. The van der Waals surface area contributed by atoms with Gasteiger partial charge >= 0.3 is 198 Å². The van der Waals surface area contributed by atoms with Crippen molar-refractivity contribution in [3.63, 3.8) is 0 Å². The normalized spacial score (nSPS) is 12.6. The summed E-state index contributed by atoms with van der Waals surface area (Å²) in [5.74, 6) is -8.44. The molecule has 16 heteroatoms. The minimum Gasteiger partial charge on any atom is -0.201 e. The molecule has 0 fully saturated rings. The van der Waals surface area contributed by atoms with Crippen molar-refractivity contribution in [1.29, 1.82) is 0 Å². The smallest absolute Gasteiger partial charge is 0.201 e. The van der Waals surface area contributed by atoms with Gasteiger partial charge in [0.05, 0.1) is 23.1 Å². The molecule has 4 nitrogen and oxygen atoms in total. The van der Waals surface area contributed by atoms with E-state index in [1.54, 1.807) is 86.2 Å². The first-order valence-electron chi connectivity index (χ1n) is 37.3. The number of hydrogen-bond donors (Lipinski definition) is 0. The number of rotatable bonds is 45. The quantitative estimate of drug-likeness (QED) is 0.0217. The Balaban J connectivity index is 0.000000279. The Labute approximate surface area is 602 Å². The number of aromatic nitrogens is 2. The number of unbranched alkanes of at least 4 members (excludes halogenated alkanes) is 24. The van der Waals surface area contributed by atoms with E-state index in [1.807, 2.05) is 47.7 Å². The molecule has 5 heterocycles. The molecular formula is C81H108F6N4S5Sn. The summed E-state index contributed by atoms with van der Waals surface area (Å²) < 4.78 is 116. The molecule has 97 heavy (non-hydrogen) atoms. The Morgan fingerprint density at radius 3 is 0.907 bits per heavy atom. The molecule has 0 saturated heterocycles. The van der Waals surface area contributed by atoms with Gasteiger partial charge in [-0.05, 0) is 48.2 Å². The third-order valence-corrected chi connectivity index (χ3v) is 42.4. The molecule has 1 aliphatic rings. The van der Waals surface area contributed by atoms with Crippen LogP contribution < -0.4 is 2.89 Å². The molecule has 4 aromatic carbocycles. The van der Waals surface area contributed by atoms with Crippen LogP contribution >= 0.6 is 45.7 Å². The van der Waals surface area contributed by atoms with E-state index in [0.29, 0.717) is 19.3 Å². The first-order valence-corrected chi connectivity index (χ1v) is 48.7. The number of benzene rings is 4. The van der Waals surface area contributed by atoms with E-state index < -0.39 is 36.1 Å². The minimum absolute atomic E-state index is 0.0340. The van der Waals surface area contributed by atoms with Gasteiger partial charge in [-0.2, -0.15) is 17.5 Å². The van der Waals surface area contributed by atoms with Gasteiger partial charge in [0.15, 0.2) is 0 Å². The summed E-state index contributed by atoms with van der Waals surface area (Å²) in [4.78, 5) is 5.07. The fourth-order valence-electron chi connectivity index (χ4n) is 13.6. The van der Waals surface area contributed by atoms with Gasteiger partial charge in [0, 0.05) is 54.6 Å². The van der Waals surface area contributed by atoms with Gasteiger partial charge < -0.3 is 0 Å². The Hall–Kier alpha value is -4.00. The molecule has 0 amide bonds. The van der Waals surface area contributed by atoms with Crippen LogP contribution in [0.3, 0.4) is 0 Å². The van der Waals surface area contributed by atoms with Gasteiger partial charge in [-0.25, -0.2) is 17.6 Å². The minimum atomic E-state index is -2.85. The molecule has 0 spiro atoms. The summed E-state index contributed by atoms with van der Waals surface area (Å²) in [6, 6.07) is 33.5. The Morgan fingerprint density at radius 2 is 0.588 bits per heavy atom. The van der Waals surface area contributed by atoms with Crippen molar-refractivity contribution in [2.45, 2.75) is 285 Å². The van der Waals surface area contributed by atoms with E-state index in [-0.39, 0.29) is 36.0 Å². The van der Waals surface area contributed by atoms with Gasteiger partial charge in [0.25, 0.3) is 11.8 Å². The average Bonchev–Trinajstić information content (AvgIpc) is 1.60. The van der Waals surface area contributed by atoms with Crippen molar-refractivity contribution in [3.05, 3.63) is 126 Å². The number of halogens is 6. The summed E-state index contributed by atoms with van der Waals surface area (Å²) in [5, 5.41) is 0. The van der Waals surface area contributed by atoms with Crippen molar-refractivity contribution in [1.82, 2.24) is 8.75 Å². The zero-order valence-corrected chi connectivity index (χ0v) is 65.9. The van der Waals surface area contributed by atoms with Gasteiger partial charge in [0.2, 0.25) is 0 Å². The van der Waals surface area contributed by atoms with Crippen LogP contribution in [-0.2, 0) is 29.1 Å². The van der Waals surface area contributed by atoms with Crippen molar-refractivity contribution >= 4 is 101 Å². The predicted octanol–water partition coefficient (Wildman–Crippen LogP) is 30.5. The zero-order chi connectivity index (χ0) is 68.9. The molecule has 0 radical (unpaired) electrons. The van der Waals surface area contributed by atoms with Crippen molar-refractivity contribution in [2.24, 2.45) is 8.73 Å². The Kier molecular flexibility index (Phi) is 32.9. The number of fused-ring (bicyclic) bond motifs is 2. The van der Waals surface area contributed by atoms with Crippen molar-refractivity contribution in [3.8, 4) is 52.2 Å². The molecule has 0 saturated carbocycles. The molecule has 528 valence electrons. The second-order valence-corrected chi connectivity index (χ2v) is 45.7. The van der Waals surface area contributed by atoms with Gasteiger partial charge in [-0.3, -0.25) is 0 Å². The summed E-state index contributed by atoms with van der Waals surface area (Å²) in [6.45, 7) is 13.6. The van der Waals surface area contributed by atoms with E-state index >= 15 is 17.6 Å². The second-order valence-electron chi connectivity index (χ2n) is 27.3. The van der Waals surface area contributed by atoms with Crippen molar-refractivity contribution in [2.75, 3.05) is 0 Å². The zero-order valence-electron chi connectivity index (χ0n) is 58.9. The van der Waals surface area contributed by atoms with Crippen LogP contribution in [0.4, 0.5) is 37.7 Å². The number of nitrogens with zero attached hydrogens (tertiary/aromatic N) is 4. The van der Waals surface area contributed by atoms with Crippen LogP contribution in [0.5, 0.6) is 0 Å². The number of alkyl halides is 6. The van der Waals surface area contributed by atoms with E-state index in [4.69, 9.17) is 17.5 Å². The monoisotopic (exact) mass is 1530 g/mol. The molecule has 4 aromatic heterocycles. The molecule has 9 rings (SSSR count). The Morgan fingerprint density at radius 1 is 0.309 bits per heavy atom. The maximum atomic E-state index is 15.2. The topological polar surface area (TPSA) is 50.5 Å². The third kappa shape index (κ3) is 22.7. The maximum Gasteiger partial charge on any atom is 0.273 e. The van der Waals surface area contributed by atoms with Crippen LogP contribution in [0.2, 0.25) is 13.3 Å². The van der Waals surface area contributed by atoms with Gasteiger partial charge in [-0.15, -0.1) is 22.7 Å². The molecule has 0 aliphatic carbocycles. The summed E-state index contributed by atoms with van der Waals surface area (Å²) >= 11 is 4.96. The second kappa shape index (κ2) is 40.6. The first kappa shape index (κ1) is 78.7. The molecule has 1 aliphatic heterocycles. The first-order chi connectivity index (χ1) is 47.1. The Bertz CT molecular complexity index is 3460. The fourth-order valence-corrected chi connectivity index (χ4v) is 36.9. The standard InChI is InChI=1S/C48H54F4N4S4.C21H27F2S.3C4H9.Sn/c1-3-5-7-9-11-13-15-17-31-47(49,50)35-23-19-33(20-24-35)37-27-29-39(57-37)41-43-45(55-59-53-43)42(46-44(41)54-60-56-46)40-30-28-38(58-40)34-21-25-36(26-22-34)48(51,52)32-18-16-14-12-10-8-6-4-2;1-2-3-4-5-6-7-8-9-16-21(22,23)19-14-12-18(13-15-19)20-11-10-17-24-20;3*1-3-4-2;/h19-30H,3-18,31-32H2,1-2H3;10-15H,2-9,16H2,1H3;3*1,3-4H2,2H3;. The third-order valence-electron chi connectivity index (χ3n) is 19.6. The summed E-state index contributed by atoms with van der Waals surface area (Å²) in [5.41, 5.74) is 7.81. The van der Waals surface area contributed by atoms with Gasteiger partial charge in [0.1, 0.15) is 22.4 Å². The summed E-state index contributed by atoms with van der Waals surface area (Å²) in [6.07, 6.45) is 33.3. The van der Waals surface area contributed by atoms with E-state index in [9.17, 15) is 8.78 Å². The summed E-state index contributed by atoms with van der Waals surface area (Å²) in [7, 11) is 0. The van der Waals surface area contributed by atoms with Crippen LogP contribution in [-0.4, -0.2) is 27.1 Å². The van der Waals surface area contributed by atoms with E-state index in [0.717, 1.165) is 144 Å². The van der Waals surface area contributed by atoms with E-state index in [2.05, 4.69) is 53.7 Å². The molecule has 0 unspecified atom stereocenters. The SMILES string of the molecule is CCCCCCCCCCC(F)(F)c1ccc(-c2cc[c]([Sn]([CH2]CCC)([CH2]CCC)[CH2]CCC)s2)cc1.CCCCCCCCCCC(F)(F)c1ccc(-c2ccc(-c3c4c(c(-c5ccc(-c6ccc(C(F)(F)CCCCCCCCCC)cc6)s5)c5nsnc35)N=S=N4)s2)cc1. The van der Waals surface area contributed by atoms with Crippen LogP contribution in [0, 0.1) is 0 Å². The molecule has 0 atom stereocenters. The number of thiophene rings is 3. The van der Waals surface area contributed by atoms with Gasteiger partial charge in [-0.1, -0.05) is 191 Å². The van der Waals surface area contributed by atoms with Crippen LogP contribution in [0.15, 0.2) is 118 Å². The maximum absolute atomic E-state index is 15.2. The van der Waals surface area contributed by atoms with Crippen LogP contribution in [0.25, 0.3) is 63.2 Å². The van der Waals surface area contributed by atoms with E-state index in [1.165, 1.54) is 140 Å². The van der Waals surface area contributed by atoms with Crippen LogP contribution in [0.1, 0.15) is 270 Å². The number of hydrogen-bond acceptors (Lipinski definition) is 8. The van der Waals surface area contributed by atoms with Crippen molar-refractivity contribution < 1.29 is 26.3 Å². The fraction of sp³-hybridized carbons (Fsp3) is 0.556. The molecule has 8 aromatic rings. The largest absolute Gasteiger partial charge is 0.273 e.